The molecule has 1 N–H and O–H groups in total. The van der Waals surface area contributed by atoms with Crippen molar-refractivity contribution in [3.05, 3.63) is 99.0 Å². The van der Waals surface area contributed by atoms with Gasteiger partial charge in [-0.2, -0.15) is 4.89 Å². The number of piperidine rings is 1. The Bertz CT molecular complexity index is 1150. The van der Waals surface area contributed by atoms with Crippen molar-refractivity contribution >= 4 is 23.2 Å². The van der Waals surface area contributed by atoms with E-state index in [0.717, 1.165) is 58.5 Å². The van der Waals surface area contributed by atoms with Gasteiger partial charge in [-0.3, -0.25) is 0 Å². The third-order valence-electron chi connectivity index (χ3n) is 7.66. The second-order valence-electron chi connectivity index (χ2n) is 10.8. The number of fused-ring (bicyclic) bond motifs is 3. The third-order valence-corrected chi connectivity index (χ3v) is 8.17. The van der Waals surface area contributed by atoms with E-state index >= 15 is 0 Å². The van der Waals surface area contributed by atoms with Gasteiger partial charge in [0, 0.05) is 40.5 Å². The van der Waals surface area contributed by atoms with E-state index in [1.54, 1.807) is 0 Å². The predicted octanol–water partition coefficient (Wildman–Crippen LogP) is 6.48. The summed E-state index contributed by atoms with van der Waals surface area (Å²) in [6.07, 6.45) is 3.27. The van der Waals surface area contributed by atoms with Gasteiger partial charge in [0.2, 0.25) is 0 Å². The molecule has 0 saturated carbocycles. The normalized spacial score (nSPS) is 21.7. The summed E-state index contributed by atoms with van der Waals surface area (Å²) in [6, 6.07) is 21.7. The lowest BCUT2D eigenvalue weighted by atomic mass is 9.85. The van der Waals surface area contributed by atoms with Gasteiger partial charge < -0.3 is 24.4 Å². The molecule has 0 amide bonds. The second kappa shape index (κ2) is 14.6. The number of likely N-dealkylation sites (tertiary alicyclic amines) is 1. The predicted molar refractivity (Wildman–Crippen MR) is 156 cm³/mol. The van der Waals surface area contributed by atoms with Crippen LogP contribution in [-0.4, -0.2) is 49.0 Å². The number of hydrogen-bond donors (Lipinski definition) is 1. The molecule has 3 aliphatic rings. The average Bonchev–Trinajstić information content (AvgIpc) is 3.42. The first-order valence-electron chi connectivity index (χ1n) is 14.0. The van der Waals surface area contributed by atoms with Crippen molar-refractivity contribution in [2.75, 3.05) is 32.8 Å². The quantitative estimate of drug-likeness (QED) is 0.229. The average molecular weight is 587 g/mol. The lowest BCUT2D eigenvalue weighted by molar-refractivity contribution is -0.194. The molecule has 2 saturated heterocycles. The zero-order chi connectivity index (χ0) is 27.7. The van der Waals surface area contributed by atoms with Crippen LogP contribution in [0.5, 0.6) is 5.75 Å². The minimum atomic E-state index is -0.159. The van der Waals surface area contributed by atoms with Crippen LogP contribution in [0.3, 0.4) is 0 Å². The summed E-state index contributed by atoms with van der Waals surface area (Å²) in [5.41, 5.74) is 4.68. The summed E-state index contributed by atoms with van der Waals surface area (Å²) >= 11 is 11.6. The lowest BCUT2D eigenvalue weighted by Gasteiger charge is -2.44. The van der Waals surface area contributed by atoms with Gasteiger partial charge >= 0.3 is 0 Å². The Morgan fingerprint density at radius 1 is 0.800 bits per heavy atom. The number of aliphatic hydroxyl groups is 1. The first-order valence-corrected chi connectivity index (χ1v) is 14.7. The second-order valence-corrected chi connectivity index (χ2v) is 11.7. The molecule has 2 fully saturated rings. The SMILES string of the molecule is Clc1ccc(COCc2ccc(Cl)cc2)cc1.OC1[C@@H]2COC[C@H]1CN(CCCCc1ccc3c(c1)OOC3)C2. The highest BCUT2D eigenvalue weighted by molar-refractivity contribution is 6.30. The summed E-state index contributed by atoms with van der Waals surface area (Å²) in [7, 11) is 0. The summed E-state index contributed by atoms with van der Waals surface area (Å²) < 4.78 is 11.2. The van der Waals surface area contributed by atoms with E-state index in [4.69, 9.17) is 42.5 Å². The van der Waals surface area contributed by atoms with Crippen molar-refractivity contribution in [1.29, 1.82) is 0 Å². The van der Waals surface area contributed by atoms with Gasteiger partial charge in [0.25, 0.3) is 0 Å². The largest absolute Gasteiger partial charge is 0.392 e. The summed E-state index contributed by atoms with van der Waals surface area (Å²) in [5.74, 6) is 1.48. The third kappa shape index (κ3) is 8.43. The maximum absolute atomic E-state index is 10.2. The van der Waals surface area contributed by atoms with Gasteiger partial charge in [0.05, 0.1) is 32.5 Å². The molecule has 6 nitrogen and oxygen atoms in total. The monoisotopic (exact) mass is 585 g/mol. The number of aliphatic hydroxyl groups excluding tert-OH is 1. The summed E-state index contributed by atoms with van der Waals surface area (Å²) in [4.78, 5) is 12.6. The number of halogens is 2. The fourth-order valence-corrected chi connectivity index (χ4v) is 5.67. The summed E-state index contributed by atoms with van der Waals surface area (Å²) in [5, 5.41) is 11.7. The maximum Gasteiger partial charge on any atom is 0.171 e. The minimum Gasteiger partial charge on any atom is -0.392 e. The molecule has 0 spiro atoms. The molecule has 0 aromatic heterocycles. The van der Waals surface area contributed by atoms with Crippen molar-refractivity contribution in [3.63, 3.8) is 0 Å². The van der Waals surface area contributed by atoms with Crippen LogP contribution in [0.2, 0.25) is 10.0 Å². The molecule has 1 unspecified atom stereocenters. The van der Waals surface area contributed by atoms with Crippen molar-refractivity contribution in [3.8, 4) is 5.75 Å². The van der Waals surface area contributed by atoms with Gasteiger partial charge in [-0.25, -0.2) is 0 Å². The number of aryl methyl sites for hydroxylation is 1. The molecule has 214 valence electrons. The van der Waals surface area contributed by atoms with Gasteiger partial charge in [0.1, 0.15) is 6.61 Å². The Morgan fingerprint density at radius 2 is 1.40 bits per heavy atom. The molecule has 8 heteroatoms. The minimum absolute atomic E-state index is 0.159. The maximum atomic E-state index is 10.2. The number of benzene rings is 3. The van der Waals surface area contributed by atoms with E-state index in [2.05, 4.69) is 23.1 Å². The smallest absolute Gasteiger partial charge is 0.171 e. The van der Waals surface area contributed by atoms with Gasteiger partial charge in [0.15, 0.2) is 5.75 Å². The van der Waals surface area contributed by atoms with Crippen LogP contribution >= 0.6 is 23.2 Å². The van der Waals surface area contributed by atoms with E-state index in [0.29, 0.717) is 44.9 Å². The first kappa shape index (κ1) is 29.3. The molecule has 0 radical (unpaired) electrons. The number of unbranched alkanes of at least 4 members (excludes halogenated alkanes) is 1. The number of ether oxygens (including phenoxy) is 2. The van der Waals surface area contributed by atoms with Crippen molar-refractivity contribution in [1.82, 2.24) is 4.90 Å². The van der Waals surface area contributed by atoms with E-state index < -0.39 is 0 Å². The molecule has 3 heterocycles. The van der Waals surface area contributed by atoms with E-state index in [1.165, 1.54) is 18.4 Å². The van der Waals surface area contributed by atoms with E-state index in [1.807, 2.05) is 48.5 Å². The van der Waals surface area contributed by atoms with Crippen LogP contribution in [0, 0.1) is 11.8 Å². The zero-order valence-electron chi connectivity index (χ0n) is 22.6. The molecule has 2 bridgehead atoms. The van der Waals surface area contributed by atoms with Crippen LogP contribution in [-0.2, 0) is 40.6 Å². The van der Waals surface area contributed by atoms with Crippen LogP contribution in [0.25, 0.3) is 0 Å². The Labute approximate surface area is 246 Å². The molecule has 6 rings (SSSR count). The van der Waals surface area contributed by atoms with E-state index in [9.17, 15) is 5.11 Å². The molecule has 3 aromatic carbocycles. The molecule has 3 atom stereocenters. The van der Waals surface area contributed by atoms with Crippen LogP contribution in [0.4, 0.5) is 0 Å². The van der Waals surface area contributed by atoms with Gasteiger partial charge in [-0.05, 0) is 72.8 Å². The van der Waals surface area contributed by atoms with Crippen molar-refractivity contribution < 1.29 is 24.4 Å². The van der Waals surface area contributed by atoms with Crippen LogP contribution in [0.15, 0.2) is 66.7 Å². The Hall–Kier alpha value is -2.16. The van der Waals surface area contributed by atoms with Crippen molar-refractivity contribution in [2.24, 2.45) is 11.8 Å². The Morgan fingerprint density at radius 3 is 2.02 bits per heavy atom. The highest BCUT2D eigenvalue weighted by Gasteiger charge is 2.38. The molecule has 3 aliphatic heterocycles. The van der Waals surface area contributed by atoms with Gasteiger partial charge in [-0.15, -0.1) is 0 Å². The molecule has 3 aromatic rings. The molecular formula is C32H37Cl2NO5. The van der Waals surface area contributed by atoms with E-state index in [-0.39, 0.29) is 6.10 Å². The zero-order valence-corrected chi connectivity index (χ0v) is 24.2. The lowest BCUT2D eigenvalue weighted by Crippen LogP contribution is -2.55. The fourth-order valence-electron chi connectivity index (χ4n) is 5.41. The number of hydrogen-bond acceptors (Lipinski definition) is 6. The molecule has 40 heavy (non-hydrogen) atoms. The van der Waals surface area contributed by atoms with Crippen LogP contribution in [0.1, 0.15) is 35.1 Å². The molecule has 0 aliphatic carbocycles. The topological polar surface area (TPSA) is 60.4 Å². The Balaban J connectivity index is 0.000000170. The Kier molecular flexibility index (Phi) is 10.7. The highest BCUT2D eigenvalue weighted by atomic mass is 35.5. The molecular weight excluding hydrogens is 549 g/mol. The number of rotatable bonds is 9. The number of nitrogens with zero attached hydrogens (tertiary/aromatic N) is 1. The van der Waals surface area contributed by atoms with Crippen LogP contribution < -0.4 is 4.89 Å². The highest BCUT2D eigenvalue weighted by Crippen LogP contribution is 2.29. The fraction of sp³-hybridized carbons (Fsp3) is 0.438. The standard InChI is InChI=1S/C18H25NO4.C14H12Cl2O/c20-18-15-8-19(9-16(18)11-21-10-15)6-2-1-3-13-4-5-14-12-22-23-17(14)7-13;15-13-5-1-11(2-6-13)9-17-10-12-3-7-14(16)8-4-12/h4-5,7,15-16,18,20H,1-3,6,8-12H2;1-8H,9-10H2/t15-,16+,18?;. The van der Waals surface area contributed by atoms with Crippen molar-refractivity contribution in [2.45, 2.75) is 45.2 Å². The first-order chi connectivity index (χ1) is 19.5. The van der Waals surface area contributed by atoms with Gasteiger partial charge in [-0.1, -0.05) is 59.6 Å². The summed E-state index contributed by atoms with van der Waals surface area (Å²) in [6.45, 7) is 6.21.